The number of aryl methyl sites for hydroxylation is 2. The Morgan fingerprint density at radius 2 is 1.70 bits per heavy atom. The Hall–Kier alpha value is -2.14. The molecule has 5 nitrogen and oxygen atoms in total. The molecule has 1 heterocycles. The van der Waals surface area contributed by atoms with E-state index in [1.807, 2.05) is 6.92 Å². The van der Waals surface area contributed by atoms with Crippen molar-refractivity contribution in [2.75, 3.05) is 38.2 Å². The van der Waals surface area contributed by atoms with Crippen molar-refractivity contribution in [1.82, 2.24) is 14.9 Å². The normalized spacial score (nSPS) is 11.1. The number of anilines is 2. The maximum Gasteiger partial charge on any atom is 0.224 e. The summed E-state index contributed by atoms with van der Waals surface area (Å²) in [6, 6.07) is 8.84. The molecule has 0 unspecified atom stereocenters. The molecule has 1 aromatic heterocycles. The fraction of sp³-hybridized carbons (Fsp3) is 0.545. The van der Waals surface area contributed by atoms with E-state index in [1.54, 1.807) is 0 Å². The standard InChI is InChI=1S/C22H35N5/c1-5-6-7-14-24-22-25-17(2)20(21(23)26-22)16-19-12-10-18(11-13-19)9-8-15-27(3)4/h10-13H,5-9,14-16H2,1-4H3,(H3,23,24,25,26). The smallest absolute Gasteiger partial charge is 0.224 e. The second-order valence-corrected chi connectivity index (χ2v) is 7.53. The number of hydrogen-bond acceptors (Lipinski definition) is 5. The van der Waals surface area contributed by atoms with Crippen LogP contribution in [0.5, 0.6) is 0 Å². The predicted molar refractivity (Wildman–Crippen MR) is 115 cm³/mol. The van der Waals surface area contributed by atoms with Crippen molar-refractivity contribution in [2.24, 2.45) is 0 Å². The number of aromatic nitrogens is 2. The molecule has 0 amide bonds. The van der Waals surface area contributed by atoms with Crippen LogP contribution in [-0.2, 0) is 12.8 Å². The molecule has 5 heteroatoms. The summed E-state index contributed by atoms with van der Waals surface area (Å²) in [7, 11) is 4.23. The summed E-state index contributed by atoms with van der Waals surface area (Å²) < 4.78 is 0. The zero-order chi connectivity index (χ0) is 19.6. The first-order chi connectivity index (χ1) is 13.0. The third kappa shape index (κ3) is 7.18. The molecule has 3 N–H and O–H groups in total. The first kappa shape index (κ1) is 21.2. The van der Waals surface area contributed by atoms with Crippen LogP contribution in [-0.4, -0.2) is 42.1 Å². The van der Waals surface area contributed by atoms with Crippen molar-refractivity contribution < 1.29 is 0 Å². The van der Waals surface area contributed by atoms with Gasteiger partial charge in [0.25, 0.3) is 0 Å². The van der Waals surface area contributed by atoms with Gasteiger partial charge in [-0.2, -0.15) is 4.98 Å². The Bertz CT molecular complexity index is 671. The molecule has 0 aliphatic heterocycles. The lowest BCUT2D eigenvalue weighted by Gasteiger charge is -2.12. The van der Waals surface area contributed by atoms with Gasteiger partial charge >= 0.3 is 0 Å². The lowest BCUT2D eigenvalue weighted by atomic mass is 10.0. The molecule has 0 saturated carbocycles. The molecule has 2 rings (SSSR count). The number of nitrogen functional groups attached to an aromatic ring is 1. The van der Waals surface area contributed by atoms with Crippen LogP contribution in [0.25, 0.3) is 0 Å². The van der Waals surface area contributed by atoms with Gasteiger partial charge in [0.2, 0.25) is 5.95 Å². The van der Waals surface area contributed by atoms with E-state index in [2.05, 4.69) is 65.5 Å². The highest BCUT2D eigenvalue weighted by atomic mass is 15.1. The second-order valence-electron chi connectivity index (χ2n) is 7.53. The topological polar surface area (TPSA) is 67.1 Å². The lowest BCUT2D eigenvalue weighted by Crippen LogP contribution is -2.13. The number of unbranched alkanes of at least 4 members (excludes halogenated alkanes) is 2. The number of nitrogens with one attached hydrogen (secondary N) is 1. The SMILES string of the molecule is CCCCCNc1nc(C)c(Cc2ccc(CCCN(C)C)cc2)c(N)n1. The van der Waals surface area contributed by atoms with Crippen molar-refractivity contribution in [3.8, 4) is 0 Å². The van der Waals surface area contributed by atoms with Crippen LogP contribution in [0.4, 0.5) is 11.8 Å². The molecule has 0 bridgehead atoms. The molecule has 0 aliphatic rings. The largest absolute Gasteiger partial charge is 0.383 e. The van der Waals surface area contributed by atoms with E-state index in [0.717, 1.165) is 43.6 Å². The minimum atomic E-state index is 0.579. The summed E-state index contributed by atoms with van der Waals surface area (Å²) in [5.41, 5.74) is 10.8. The fourth-order valence-electron chi connectivity index (χ4n) is 3.12. The third-order valence-electron chi connectivity index (χ3n) is 4.78. The number of hydrogen-bond donors (Lipinski definition) is 2. The van der Waals surface area contributed by atoms with Crippen molar-refractivity contribution in [2.45, 2.75) is 52.4 Å². The monoisotopic (exact) mass is 369 g/mol. The van der Waals surface area contributed by atoms with Gasteiger partial charge in [0.05, 0.1) is 0 Å². The van der Waals surface area contributed by atoms with E-state index in [1.165, 1.54) is 30.4 Å². The average Bonchev–Trinajstić information content (AvgIpc) is 2.63. The number of benzene rings is 1. The molecule has 148 valence electrons. The Morgan fingerprint density at radius 1 is 1.00 bits per heavy atom. The van der Waals surface area contributed by atoms with E-state index in [-0.39, 0.29) is 0 Å². The molecular weight excluding hydrogens is 334 g/mol. The van der Waals surface area contributed by atoms with Gasteiger partial charge in [-0.05, 0) is 58.0 Å². The molecule has 0 fully saturated rings. The van der Waals surface area contributed by atoms with Crippen LogP contribution in [0, 0.1) is 6.92 Å². The number of rotatable bonds is 11. The van der Waals surface area contributed by atoms with E-state index in [0.29, 0.717) is 11.8 Å². The Morgan fingerprint density at radius 3 is 2.33 bits per heavy atom. The van der Waals surface area contributed by atoms with Gasteiger partial charge in [-0.3, -0.25) is 0 Å². The first-order valence-electron chi connectivity index (χ1n) is 10.1. The highest BCUT2D eigenvalue weighted by molar-refractivity contribution is 5.49. The lowest BCUT2D eigenvalue weighted by molar-refractivity contribution is 0.400. The Labute approximate surface area is 164 Å². The van der Waals surface area contributed by atoms with E-state index < -0.39 is 0 Å². The quantitative estimate of drug-likeness (QED) is 0.585. The van der Waals surface area contributed by atoms with Gasteiger partial charge in [-0.1, -0.05) is 44.0 Å². The molecule has 1 aromatic carbocycles. The van der Waals surface area contributed by atoms with E-state index >= 15 is 0 Å². The van der Waals surface area contributed by atoms with Crippen molar-refractivity contribution in [1.29, 1.82) is 0 Å². The zero-order valence-electron chi connectivity index (χ0n) is 17.4. The summed E-state index contributed by atoms with van der Waals surface area (Å²) in [6.07, 6.45) is 6.61. The number of nitrogens with zero attached hydrogens (tertiary/aromatic N) is 3. The van der Waals surface area contributed by atoms with Gasteiger partial charge in [0.1, 0.15) is 5.82 Å². The summed E-state index contributed by atoms with van der Waals surface area (Å²) in [5.74, 6) is 1.22. The van der Waals surface area contributed by atoms with Crippen LogP contribution in [0.3, 0.4) is 0 Å². The van der Waals surface area contributed by atoms with E-state index in [4.69, 9.17) is 5.73 Å². The van der Waals surface area contributed by atoms with Crippen LogP contribution in [0.15, 0.2) is 24.3 Å². The zero-order valence-corrected chi connectivity index (χ0v) is 17.4. The Balaban J connectivity index is 1.96. The molecule has 0 saturated heterocycles. The van der Waals surface area contributed by atoms with Gasteiger partial charge in [0.15, 0.2) is 0 Å². The minimum absolute atomic E-state index is 0.579. The molecule has 0 atom stereocenters. The molecule has 0 radical (unpaired) electrons. The average molecular weight is 370 g/mol. The minimum Gasteiger partial charge on any atom is -0.383 e. The number of nitrogens with two attached hydrogens (primary N) is 1. The van der Waals surface area contributed by atoms with E-state index in [9.17, 15) is 0 Å². The molecule has 0 spiro atoms. The predicted octanol–water partition coefficient (Wildman–Crippen LogP) is 4.05. The Kier molecular flexibility index (Phi) is 8.52. The highest BCUT2D eigenvalue weighted by Crippen LogP contribution is 2.20. The van der Waals surface area contributed by atoms with Crippen LogP contribution < -0.4 is 11.1 Å². The van der Waals surface area contributed by atoms with Crippen molar-refractivity contribution in [3.05, 3.63) is 46.6 Å². The van der Waals surface area contributed by atoms with Gasteiger partial charge in [0, 0.05) is 24.2 Å². The van der Waals surface area contributed by atoms with Crippen LogP contribution in [0.2, 0.25) is 0 Å². The molecule has 0 aliphatic carbocycles. The summed E-state index contributed by atoms with van der Waals surface area (Å²) in [6.45, 7) is 6.22. The fourth-order valence-corrected chi connectivity index (χ4v) is 3.12. The molecule has 2 aromatic rings. The van der Waals surface area contributed by atoms with Gasteiger partial charge in [-0.25, -0.2) is 4.98 Å². The molecule has 27 heavy (non-hydrogen) atoms. The van der Waals surface area contributed by atoms with Gasteiger partial charge in [-0.15, -0.1) is 0 Å². The first-order valence-corrected chi connectivity index (χ1v) is 10.1. The summed E-state index contributed by atoms with van der Waals surface area (Å²) >= 11 is 0. The van der Waals surface area contributed by atoms with Crippen LogP contribution in [0.1, 0.15) is 55.0 Å². The maximum absolute atomic E-state index is 6.23. The highest BCUT2D eigenvalue weighted by Gasteiger charge is 2.10. The maximum atomic E-state index is 6.23. The second kappa shape index (κ2) is 10.9. The third-order valence-corrected chi connectivity index (χ3v) is 4.78. The van der Waals surface area contributed by atoms with Crippen LogP contribution >= 0.6 is 0 Å². The van der Waals surface area contributed by atoms with Crippen molar-refractivity contribution >= 4 is 11.8 Å². The molecular formula is C22H35N5. The van der Waals surface area contributed by atoms with Crippen molar-refractivity contribution in [3.63, 3.8) is 0 Å². The van der Waals surface area contributed by atoms with Gasteiger partial charge < -0.3 is 16.0 Å². The summed E-state index contributed by atoms with van der Waals surface area (Å²) in [4.78, 5) is 11.3. The summed E-state index contributed by atoms with van der Waals surface area (Å²) in [5, 5.41) is 3.28.